The van der Waals surface area contributed by atoms with E-state index in [1.165, 1.54) is 10.0 Å². The van der Waals surface area contributed by atoms with Crippen LogP contribution in [0.1, 0.15) is 30.1 Å². The molecule has 0 radical (unpaired) electrons. The van der Waals surface area contributed by atoms with Gasteiger partial charge in [-0.3, -0.25) is 0 Å². The zero-order valence-corrected chi connectivity index (χ0v) is 18.7. The Bertz CT molecular complexity index is 873. The molecule has 0 spiro atoms. The first-order chi connectivity index (χ1) is 14.8. The molecule has 4 heteroatoms. The van der Waals surface area contributed by atoms with Crippen LogP contribution >= 0.6 is 0 Å². The molecular formula is C26H28O3Se. The average molecular weight is 467 g/mol. The first kappa shape index (κ1) is 21.3. The van der Waals surface area contributed by atoms with E-state index in [4.69, 9.17) is 9.47 Å². The molecule has 3 aromatic carbocycles. The second-order valence-corrected chi connectivity index (χ2v) is 10.4. The van der Waals surface area contributed by atoms with Crippen LogP contribution in [0.25, 0.3) is 0 Å². The number of aliphatic hydroxyl groups excluding tert-OH is 1. The molecule has 0 bridgehead atoms. The fraction of sp³-hybridized carbons (Fsp3) is 0.308. The van der Waals surface area contributed by atoms with Crippen LogP contribution in [-0.4, -0.2) is 38.9 Å². The Morgan fingerprint density at radius 2 is 1.50 bits per heavy atom. The van der Waals surface area contributed by atoms with Crippen LogP contribution in [0.4, 0.5) is 0 Å². The van der Waals surface area contributed by atoms with Crippen molar-refractivity contribution in [2.24, 2.45) is 0 Å². The molecule has 0 saturated carbocycles. The van der Waals surface area contributed by atoms with Gasteiger partial charge in [0.25, 0.3) is 0 Å². The third-order valence-electron chi connectivity index (χ3n) is 5.34. The van der Waals surface area contributed by atoms with E-state index in [0.717, 1.165) is 5.56 Å². The molecule has 30 heavy (non-hydrogen) atoms. The van der Waals surface area contributed by atoms with E-state index in [0.29, 0.717) is 26.1 Å². The normalized spacial score (nSPS) is 22.5. The molecule has 4 rings (SSSR count). The maximum absolute atomic E-state index is 10.6. The van der Waals surface area contributed by atoms with Crippen molar-refractivity contribution in [3.05, 3.63) is 102 Å². The van der Waals surface area contributed by atoms with E-state index in [2.05, 4.69) is 48.5 Å². The Labute approximate surface area is 185 Å². The summed E-state index contributed by atoms with van der Waals surface area (Å²) in [4.78, 5) is 0.241. The van der Waals surface area contributed by atoms with E-state index in [1.807, 2.05) is 42.5 Å². The van der Waals surface area contributed by atoms with Gasteiger partial charge in [0.05, 0.1) is 0 Å². The number of rotatable bonds is 8. The summed E-state index contributed by atoms with van der Waals surface area (Å²) in [6.07, 6.45) is 0.878. The van der Waals surface area contributed by atoms with Crippen LogP contribution in [0.2, 0.25) is 4.82 Å². The molecule has 4 atom stereocenters. The summed E-state index contributed by atoms with van der Waals surface area (Å²) in [7, 11) is 0. The van der Waals surface area contributed by atoms with Crippen LogP contribution in [0.5, 0.6) is 0 Å². The van der Waals surface area contributed by atoms with Gasteiger partial charge in [-0.2, -0.15) is 0 Å². The van der Waals surface area contributed by atoms with Gasteiger partial charge in [-0.25, -0.2) is 0 Å². The number of hydrogen-bond donors (Lipinski definition) is 1. The van der Waals surface area contributed by atoms with E-state index >= 15 is 0 Å². The van der Waals surface area contributed by atoms with E-state index in [-0.39, 0.29) is 38.1 Å². The van der Waals surface area contributed by atoms with Gasteiger partial charge in [-0.15, -0.1) is 0 Å². The summed E-state index contributed by atoms with van der Waals surface area (Å²) in [5, 5.41) is 10.6. The molecule has 0 unspecified atom stereocenters. The fourth-order valence-corrected chi connectivity index (χ4v) is 6.24. The van der Waals surface area contributed by atoms with Crippen molar-refractivity contribution in [3.8, 4) is 0 Å². The molecule has 156 valence electrons. The number of benzene rings is 3. The Morgan fingerprint density at radius 1 is 0.867 bits per heavy atom. The summed E-state index contributed by atoms with van der Waals surface area (Å²) in [5.41, 5.74) is 2.31. The van der Waals surface area contributed by atoms with Gasteiger partial charge < -0.3 is 0 Å². The molecule has 1 aliphatic heterocycles. The number of ether oxygens (including phenoxy) is 2. The molecule has 1 saturated heterocycles. The molecule has 1 aliphatic rings. The number of hydrogen-bond acceptors (Lipinski definition) is 3. The van der Waals surface area contributed by atoms with Gasteiger partial charge in [-0.1, -0.05) is 0 Å². The zero-order valence-electron chi connectivity index (χ0n) is 17.0. The van der Waals surface area contributed by atoms with Crippen LogP contribution in [0, 0.1) is 0 Å². The first-order valence-corrected chi connectivity index (χ1v) is 12.3. The van der Waals surface area contributed by atoms with Gasteiger partial charge in [0.1, 0.15) is 0 Å². The van der Waals surface area contributed by atoms with Crippen molar-refractivity contribution in [2.75, 3.05) is 6.61 Å². The van der Waals surface area contributed by atoms with Gasteiger partial charge >= 0.3 is 185 Å². The monoisotopic (exact) mass is 468 g/mol. The quantitative estimate of drug-likeness (QED) is 0.502. The topological polar surface area (TPSA) is 38.7 Å². The zero-order chi connectivity index (χ0) is 20.6. The summed E-state index contributed by atoms with van der Waals surface area (Å²) in [6.45, 7) is 1.22. The fourth-order valence-electron chi connectivity index (χ4n) is 3.81. The average Bonchev–Trinajstić information content (AvgIpc) is 2.80. The third-order valence-corrected chi connectivity index (χ3v) is 8.04. The van der Waals surface area contributed by atoms with Gasteiger partial charge in [0, 0.05) is 0 Å². The molecule has 1 N–H and O–H groups in total. The van der Waals surface area contributed by atoms with Gasteiger partial charge in [-0.05, 0) is 0 Å². The third kappa shape index (κ3) is 6.04. The van der Waals surface area contributed by atoms with E-state index in [9.17, 15) is 5.11 Å². The van der Waals surface area contributed by atoms with Crippen molar-refractivity contribution in [3.63, 3.8) is 0 Å². The summed E-state index contributed by atoms with van der Waals surface area (Å²) < 4.78 is 14.0. The molecule has 0 amide bonds. The molecule has 0 aliphatic carbocycles. The van der Waals surface area contributed by atoms with Crippen molar-refractivity contribution < 1.29 is 14.6 Å². The molecule has 3 nitrogen and oxygen atoms in total. The molecule has 1 heterocycles. The Kier molecular flexibility index (Phi) is 7.74. The van der Waals surface area contributed by atoms with Crippen LogP contribution in [-0.2, 0) is 16.1 Å². The number of aliphatic hydroxyl groups is 1. The first-order valence-electron chi connectivity index (χ1n) is 10.5. The minimum absolute atomic E-state index is 0.0186. The van der Waals surface area contributed by atoms with Crippen LogP contribution in [0.3, 0.4) is 0 Å². The predicted octanol–water partition coefficient (Wildman–Crippen LogP) is 4.30. The summed E-state index contributed by atoms with van der Waals surface area (Å²) >= 11 is 0.195. The Morgan fingerprint density at radius 3 is 2.20 bits per heavy atom. The summed E-state index contributed by atoms with van der Waals surface area (Å²) in [5.74, 6) is 0. The predicted molar refractivity (Wildman–Crippen MR) is 121 cm³/mol. The summed E-state index contributed by atoms with van der Waals surface area (Å²) in [6, 6.07) is 31.1. The second-order valence-electron chi connectivity index (χ2n) is 7.67. The molecular weight excluding hydrogens is 439 g/mol. The Hall–Kier alpha value is -1.94. The standard InChI is InChI=1S/C26H28O3Se/c27-22-16-24(21-12-6-2-7-13-21)29-25(17-22)26(30-23-14-8-3-9-15-23)19-28-18-20-10-4-1-5-11-20/h1-15,22,24-27H,16-19H2/t22-,24-,25+,26+/m0/s1. The molecule has 0 aromatic heterocycles. The molecule has 3 aromatic rings. The maximum atomic E-state index is 10.6. The van der Waals surface area contributed by atoms with Crippen molar-refractivity contribution >= 4 is 19.4 Å². The van der Waals surface area contributed by atoms with Crippen molar-refractivity contribution in [1.29, 1.82) is 0 Å². The van der Waals surface area contributed by atoms with Crippen LogP contribution < -0.4 is 4.46 Å². The minimum atomic E-state index is -0.350. The van der Waals surface area contributed by atoms with Gasteiger partial charge in [0.15, 0.2) is 0 Å². The second kappa shape index (κ2) is 10.9. The van der Waals surface area contributed by atoms with Crippen molar-refractivity contribution in [1.82, 2.24) is 0 Å². The van der Waals surface area contributed by atoms with Crippen molar-refractivity contribution in [2.45, 2.75) is 42.6 Å². The SMILES string of the molecule is O[C@H]1C[C@@H](c2ccccc2)O[C@@H]([C@@H](COCc2ccccc2)[Se]c2ccccc2)C1. The Balaban J connectivity index is 1.47. The van der Waals surface area contributed by atoms with E-state index < -0.39 is 0 Å². The van der Waals surface area contributed by atoms with Gasteiger partial charge in [0.2, 0.25) is 0 Å². The van der Waals surface area contributed by atoms with Crippen LogP contribution in [0.15, 0.2) is 91.0 Å². The molecule has 1 fully saturated rings. The van der Waals surface area contributed by atoms with E-state index in [1.54, 1.807) is 0 Å².